The second-order valence-corrected chi connectivity index (χ2v) is 4.06. The normalized spacial score (nSPS) is 9.82. The van der Waals surface area contributed by atoms with Gasteiger partial charge in [-0.3, -0.25) is 9.59 Å². The van der Waals surface area contributed by atoms with Crippen molar-refractivity contribution in [1.82, 2.24) is 10.2 Å². The van der Waals surface area contributed by atoms with E-state index in [2.05, 4.69) is 17.9 Å². The summed E-state index contributed by atoms with van der Waals surface area (Å²) >= 11 is 4.16. The van der Waals surface area contributed by atoms with Crippen LogP contribution in [0.15, 0.2) is 29.2 Å². The van der Waals surface area contributed by atoms with Crippen LogP contribution in [0.4, 0.5) is 0 Å². The van der Waals surface area contributed by atoms with Crippen molar-refractivity contribution in [3.8, 4) is 0 Å². The van der Waals surface area contributed by atoms with E-state index >= 15 is 0 Å². The first kappa shape index (κ1) is 13.6. The van der Waals surface area contributed by atoms with Crippen molar-refractivity contribution >= 4 is 24.4 Å². The Morgan fingerprint density at radius 3 is 2.35 bits per heavy atom. The lowest BCUT2D eigenvalue weighted by Crippen LogP contribution is -2.39. The second kappa shape index (κ2) is 6.30. The van der Waals surface area contributed by atoms with Crippen LogP contribution in [-0.4, -0.2) is 36.9 Å². The van der Waals surface area contributed by atoms with E-state index in [0.717, 1.165) is 4.90 Å². The van der Waals surface area contributed by atoms with Gasteiger partial charge in [-0.1, -0.05) is 0 Å². The minimum absolute atomic E-state index is 0.0778. The van der Waals surface area contributed by atoms with Gasteiger partial charge in [0.25, 0.3) is 5.91 Å². The lowest BCUT2D eigenvalue weighted by Gasteiger charge is -2.19. The largest absolute Gasteiger partial charge is 0.358 e. The Balaban J connectivity index is 2.78. The first-order valence-corrected chi connectivity index (χ1v) is 5.82. The van der Waals surface area contributed by atoms with Crippen molar-refractivity contribution in [1.29, 1.82) is 0 Å². The van der Waals surface area contributed by atoms with Crippen molar-refractivity contribution in [2.24, 2.45) is 0 Å². The van der Waals surface area contributed by atoms with Gasteiger partial charge >= 0.3 is 0 Å². The molecule has 0 aliphatic carbocycles. The Bertz CT molecular complexity index is 403. The summed E-state index contributed by atoms with van der Waals surface area (Å²) in [6.45, 7) is 2.41. The smallest absolute Gasteiger partial charge is 0.254 e. The van der Waals surface area contributed by atoms with E-state index in [9.17, 15) is 9.59 Å². The molecular weight excluding hydrogens is 236 g/mol. The summed E-state index contributed by atoms with van der Waals surface area (Å²) in [5.41, 5.74) is 0.563. The third-order valence-corrected chi connectivity index (χ3v) is 2.69. The van der Waals surface area contributed by atoms with E-state index < -0.39 is 0 Å². The quantitative estimate of drug-likeness (QED) is 0.791. The molecule has 92 valence electrons. The molecule has 0 saturated carbocycles. The minimum Gasteiger partial charge on any atom is -0.358 e. The van der Waals surface area contributed by atoms with Crippen molar-refractivity contribution < 1.29 is 9.59 Å². The van der Waals surface area contributed by atoms with Gasteiger partial charge < -0.3 is 10.2 Å². The third kappa shape index (κ3) is 3.78. The van der Waals surface area contributed by atoms with Gasteiger partial charge in [0.05, 0.1) is 6.54 Å². The number of hydrogen-bond acceptors (Lipinski definition) is 3. The molecule has 0 heterocycles. The molecule has 0 aliphatic rings. The molecular formula is C12H16N2O2S. The predicted octanol–water partition coefficient (Wildman–Crippen LogP) is 1.18. The van der Waals surface area contributed by atoms with Gasteiger partial charge in [-0.15, -0.1) is 12.6 Å². The Morgan fingerprint density at radius 2 is 1.88 bits per heavy atom. The molecule has 0 unspecified atom stereocenters. The van der Waals surface area contributed by atoms with Gasteiger partial charge in [0.15, 0.2) is 0 Å². The maximum atomic E-state index is 12.1. The summed E-state index contributed by atoms with van der Waals surface area (Å²) in [4.78, 5) is 25.6. The SMILES string of the molecule is CCN(CC(=O)NC)C(=O)c1ccc(S)cc1. The monoisotopic (exact) mass is 252 g/mol. The molecule has 0 aromatic heterocycles. The highest BCUT2D eigenvalue weighted by Crippen LogP contribution is 2.10. The number of benzene rings is 1. The molecule has 0 aliphatic heterocycles. The molecule has 1 aromatic rings. The van der Waals surface area contributed by atoms with E-state index in [0.29, 0.717) is 12.1 Å². The Morgan fingerprint density at radius 1 is 1.29 bits per heavy atom. The topological polar surface area (TPSA) is 49.4 Å². The predicted molar refractivity (Wildman–Crippen MR) is 69.3 cm³/mol. The summed E-state index contributed by atoms with van der Waals surface area (Å²) in [5, 5.41) is 2.50. The molecule has 0 radical (unpaired) electrons. The van der Waals surface area contributed by atoms with E-state index in [1.165, 1.54) is 4.90 Å². The number of thiol groups is 1. The number of nitrogens with one attached hydrogen (secondary N) is 1. The molecule has 0 saturated heterocycles. The molecule has 5 heteroatoms. The fourth-order valence-corrected chi connectivity index (χ4v) is 1.52. The molecule has 4 nitrogen and oxygen atoms in total. The van der Waals surface area contributed by atoms with Crippen LogP contribution in [0.3, 0.4) is 0 Å². The van der Waals surface area contributed by atoms with Crippen molar-refractivity contribution in [3.05, 3.63) is 29.8 Å². The van der Waals surface area contributed by atoms with Crippen LogP contribution in [0.5, 0.6) is 0 Å². The fourth-order valence-electron chi connectivity index (χ4n) is 1.37. The number of carbonyl (C=O) groups is 2. The molecule has 2 amide bonds. The number of amides is 2. The zero-order chi connectivity index (χ0) is 12.8. The Labute approximate surface area is 106 Å². The first-order valence-electron chi connectivity index (χ1n) is 5.37. The molecule has 0 fully saturated rings. The number of nitrogens with zero attached hydrogens (tertiary/aromatic N) is 1. The highest BCUT2D eigenvalue weighted by molar-refractivity contribution is 7.80. The van der Waals surface area contributed by atoms with Crippen LogP contribution in [0.25, 0.3) is 0 Å². The summed E-state index contributed by atoms with van der Waals surface area (Å²) in [6.07, 6.45) is 0. The maximum absolute atomic E-state index is 12.1. The molecule has 17 heavy (non-hydrogen) atoms. The number of rotatable bonds is 4. The van der Waals surface area contributed by atoms with E-state index in [1.807, 2.05) is 6.92 Å². The van der Waals surface area contributed by atoms with Crippen LogP contribution in [0.1, 0.15) is 17.3 Å². The summed E-state index contributed by atoms with van der Waals surface area (Å²) in [6, 6.07) is 6.92. The number of hydrogen-bond donors (Lipinski definition) is 2. The molecule has 0 bridgehead atoms. The highest BCUT2D eigenvalue weighted by atomic mass is 32.1. The van der Waals surface area contributed by atoms with E-state index in [4.69, 9.17) is 0 Å². The van der Waals surface area contributed by atoms with Gasteiger partial charge in [0.2, 0.25) is 5.91 Å². The van der Waals surface area contributed by atoms with Crippen LogP contribution < -0.4 is 5.32 Å². The van der Waals surface area contributed by atoms with Crippen LogP contribution in [0, 0.1) is 0 Å². The molecule has 1 aromatic carbocycles. The van der Waals surface area contributed by atoms with E-state index in [-0.39, 0.29) is 18.4 Å². The van der Waals surface area contributed by atoms with Crippen molar-refractivity contribution in [2.45, 2.75) is 11.8 Å². The van der Waals surface area contributed by atoms with Crippen molar-refractivity contribution in [3.63, 3.8) is 0 Å². The van der Waals surface area contributed by atoms with Gasteiger partial charge in [-0.25, -0.2) is 0 Å². The van der Waals surface area contributed by atoms with Crippen LogP contribution in [-0.2, 0) is 4.79 Å². The highest BCUT2D eigenvalue weighted by Gasteiger charge is 2.16. The Hall–Kier alpha value is -1.49. The second-order valence-electron chi connectivity index (χ2n) is 3.54. The molecule has 1 rings (SSSR count). The lowest BCUT2D eigenvalue weighted by molar-refractivity contribution is -0.121. The summed E-state index contributed by atoms with van der Waals surface area (Å²) in [5.74, 6) is -0.324. The maximum Gasteiger partial charge on any atom is 0.254 e. The van der Waals surface area contributed by atoms with Crippen LogP contribution >= 0.6 is 12.6 Å². The van der Waals surface area contributed by atoms with Gasteiger partial charge in [0, 0.05) is 24.1 Å². The third-order valence-electron chi connectivity index (χ3n) is 2.40. The van der Waals surface area contributed by atoms with Crippen LogP contribution in [0.2, 0.25) is 0 Å². The van der Waals surface area contributed by atoms with Gasteiger partial charge in [-0.2, -0.15) is 0 Å². The van der Waals surface area contributed by atoms with E-state index in [1.54, 1.807) is 31.3 Å². The first-order chi connectivity index (χ1) is 8.08. The standard InChI is InChI=1S/C12H16N2O2S/c1-3-14(8-11(15)13-2)12(16)9-4-6-10(17)7-5-9/h4-7,17H,3,8H2,1-2H3,(H,13,15). The summed E-state index contributed by atoms with van der Waals surface area (Å²) in [7, 11) is 1.55. The molecule has 0 atom stereocenters. The zero-order valence-electron chi connectivity index (χ0n) is 9.93. The number of carbonyl (C=O) groups excluding carboxylic acids is 2. The fraction of sp³-hybridized carbons (Fsp3) is 0.333. The van der Waals surface area contributed by atoms with Gasteiger partial charge in [0.1, 0.15) is 0 Å². The summed E-state index contributed by atoms with van der Waals surface area (Å²) < 4.78 is 0. The lowest BCUT2D eigenvalue weighted by atomic mass is 10.2. The molecule has 0 spiro atoms. The Kier molecular flexibility index (Phi) is 5.03. The number of likely N-dealkylation sites (N-methyl/N-ethyl adjacent to an activating group) is 2. The minimum atomic E-state index is -0.175. The zero-order valence-corrected chi connectivity index (χ0v) is 10.8. The average molecular weight is 252 g/mol. The molecule has 1 N–H and O–H groups in total. The van der Waals surface area contributed by atoms with Gasteiger partial charge in [-0.05, 0) is 31.2 Å². The van der Waals surface area contributed by atoms with Crippen molar-refractivity contribution in [2.75, 3.05) is 20.1 Å². The average Bonchev–Trinajstić information content (AvgIpc) is 2.35.